The van der Waals surface area contributed by atoms with Gasteiger partial charge in [0, 0.05) is 6.07 Å². The molecule has 1 N–H and O–H groups in total. The quantitative estimate of drug-likeness (QED) is 0.547. The van der Waals surface area contributed by atoms with Crippen molar-refractivity contribution in [2.75, 3.05) is 7.11 Å². The third kappa shape index (κ3) is 2.87. The summed E-state index contributed by atoms with van der Waals surface area (Å²) in [6, 6.07) is 1.13. The van der Waals surface area contributed by atoms with Gasteiger partial charge in [0.25, 0.3) is 5.56 Å². The summed E-state index contributed by atoms with van der Waals surface area (Å²) in [7, 11) is 1.25. The summed E-state index contributed by atoms with van der Waals surface area (Å²) >= 11 is 5.49. The number of carbonyl (C=O) groups is 1. The molecule has 0 bridgehead atoms. The second kappa shape index (κ2) is 4.04. The maximum Gasteiger partial charge on any atom is 0.313 e. The van der Waals surface area contributed by atoms with Gasteiger partial charge in [-0.1, -0.05) is 11.6 Å². The Morgan fingerprint density at radius 2 is 2.46 bits per heavy atom. The summed E-state index contributed by atoms with van der Waals surface area (Å²) in [5, 5.41) is 0.0580. The third-order valence-corrected chi connectivity index (χ3v) is 1.49. The number of rotatable bonds is 2. The molecule has 0 aliphatic heterocycles. The first-order valence-electron chi connectivity index (χ1n) is 3.44. The highest BCUT2D eigenvalue weighted by Gasteiger charge is 2.05. The molecule has 1 heterocycles. The molecular formula is C7H7ClN2O3. The summed E-state index contributed by atoms with van der Waals surface area (Å²) in [4.78, 5) is 27.7. The Bertz CT molecular complexity index is 374. The van der Waals surface area contributed by atoms with Crippen molar-refractivity contribution in [1.29, 1.82) is 0 Å². The first-order chi connectivity index (χ1) is 6.11. The molecule has 0 saturated heterocycles. The number of halogens is 1. The van der Waals surface area contributed by atoms with Gasteiger partial charge in [-0.25, -0.2) is 4.98 Å². The lowest BCUT2D eigenvalue weighted by atomic mass is 10.4. The maximum atomic E-state index is 10.8. The summed E-state index contributed by atoms with van der Waals surface area (Å²) < 4.78 is 4.39. The SMILES string of the molecule is COC(=O)Cc1nc(Cl)cc(=O)[nH]1. The van der Waals surface area contributed by atoms with Gasteiger partial charge >= 0.3 is 5.97 Å². The van der Waals surface area contributed by atoms with Crippen LogP contribution in [0.15, 0.2) is 10.9 Å². The smallest absolute Gasteiger partial charge is 0.313 e. The van der Waals surface area contributed by atoms with Crippen LogP contribution in [0.1, 0.15) is 5.82 Å². The van der Waals surface area contributed by atoms with Crippen LogP contribution >= 0.6 is 11.6 Å². The molecule has 1 rings (SSSR count). The van der Waals surface area contributed by atoms with Crippen LogP contribution in [0.3, 0.4) is 0 Å². The van der Waals surface area contributed by atoms with Crippen molar-refractivity contribution in [2.45, 2.75) is 6.42 Å². The van der Waals surface area contributed by atoms with E-state index in [1.807, 2.05) is 0 Å². The zero-order valence-electron chi connectivity index (χ0n) is 6.83. The molecule has 13 heavy (non-hydrogen) atoms. The molecule has 1 aromatic rings. The van der Waals surface area contributed by atoms with E-state index in [9.17, 15) is 9.59 Å². The van der Waals surface area contributed by atoms with Crippen molar-refractivity contribution in [1.82, 2.24) is 9.97 Å². The van der Waals surface area contributed by atoms with E-state index in [4.69, 9.17) is 11.6 Å². The van der Waals surface area contributed by atoms with E-state index in [0.29, 0.717) is 0 Å². The number of carbonyl (C=O) groups excluding carboxylic acids is 1. The molecule has 0 amide bonds. The van der Waals surface area contributed by atoms with Gasteiger partial charge in [-0.2, -0.15) is 0 Å². The number of H-pyrrole nitrogens is 1. The zero-order chi connectivity index (χ0) is 9.84. The monoisotopic (exact) mass is 202 g/mol. The van der Waals surface area contributed by atoms with Crippen LogP contribution in [-0.2, 0) is 16.0 Å². The Kier molecular flexibility index (Phi) is 3.02. The topological polar surface area (TPSA) is 72.0 Å². The molecular weight excluding hydrogens is 196 g/mol. The van der Waals surface area contributed by atoms with Crippen LogP contribution in [0, 0.1) is 0 Å². The van der Waals surface area contributed by atoms with Crippen LogP contribution in [-0.4, -0.2) is 23.0 Å². The highest BCUT2D eigenvalue weighted by atomic mass is 35.5. The molecule has 0 fully saturated rings. The fraction of sp³-hybridized carbons (Fsp3) is 0.286. The first kappa shape index (κ1) is 9.73. The van der Waals surface area contributed by atoms with Gasteiger partial charge in [0.1, 0.15) is 17.4 Å². The first-order valence-corrected chi connectivity index (χ1v) is 3.82. The van der Waals surface area contributed by atoms with Crippen molar-refractivity contribution in [2.24, 2.45) is 0 Å². The number of ether oxygens (including phenoxy) is 1. The fourth-order valence-electron chi connectivity index (χ4n) is 0.768. The van der Waals surface area contributed by atoms with Crippen LogP contribution in [0.2, 0.25) is 5.15 Å². The van der Waals surface area contributed by atoms with Crippen LogP contribution in [0.25, 0.3) is 0 Å². The maximum absolute atomic E-state index is 10.8. The number of methoxy groups -OCH3 is 1. The lowest BCUT2D eigenvalue weighted by Gasteiger charge is -1.98. The van der Waals surface area contributed by atoms with Gasteiger partial charge < -0.3 is 9.72 Å². The van der Waals surface area contributed by atoms with E-state index < -0.39 is 5.97 Å². The summed E-state index contributed by atoms with van der Waals surface area (Å²) in [5.41, 5.74) is -0.390. The molecule has 0 aliphatic carbocycles. The van der Waals surface area contributed by atoms with Crippen molar-refractivity contribution >= 4 is 17.6 Å². The van der Waals surface area contributed by atoms with E-state index in [1.165, 1.54) is 7.11 Å². The minimum absolute atomic E-state index is 0.0580. The van der Waals surface area contributed by atoms with Gasteiger partial charge in [0.05, 0.1) is 7.11 Å². The van der Waals surface area contributed by atoms with E-state index in [2.05, 4.69) is 14.7 Å². The summed E-state index contributed by atoms with van der Waals surface area (Å²) in [6.45, 7) is 0. The summed E-state index contributed by atoms with van der Waals surface area (Å²) in [6.07, 6.45) is -0.0910. The van der Waals surface area contributed by atoms with Gasteiger partial charge in [-0.15, -0.1) is 0 Å². The van der Waals surface area contributed by atoms with Crippen molar-refractivity contribution in [3.05, 3.63) is 27.4 Å². The lowest BCUT2D eigenvalue weighted by Crippen LogP contribution is -2.14. The Labute approximate surface area is 78.7 Å². The van der Waals surface area contributed by atoms with Gasteiger partial charge in [0.15, 0.2) is 0 Å². The zero-order valence-corrected chi connectivity index (χ0v) is 7.59. The number of esters is 1. The Balaban J connectivity index is 2.89. The lowest BCUT2D eigenvalue weighted by molar-refractivity contribution is -0.139. The van der Waals surface area contributed by atoms with E-state index >= 15 is 0 Å². The molecule has 1 aromatic heterocycles. The highest BCUT2D eigenvalue weighted by Crippen LogP contribution is 1.99. The Hall–Kier alpha value is -1.36. The average molecular weight is 203 g/mol. The van der Waals surface area contributed by atoms with Crippen LogP contribution in [0.4, 0.5) is 0 Å². The molecule has 0 unspecified atom stereocenters. The van der Waals surface area contributed by atoms with Crippen molar-refractivity contribution < 1.29 is 9.53 Å². The van der Waals surface area contributed by atoms with Crippen molar-refractivity contribution in [3.8, 4) is 0 Å². The normalized spacial score (nSPS) is 9.69. The van der Waals surface area contributed by atoms with Crippen LogP contribution in [0.5, 0.6) is 0 Å². The standard InChI is InChI=1S/C7H7ClN2O3/c1-13-7(12)3-5-9-4(8)2-6(11)10-5/h2H,3H2,1H3,(H,9,10,11). The number of nitrogens with one attached hydrogen (secondary N) is 1. The number of aromatic nitrogens is 2. The summed E-state index contributed by atoms with van der Waals surface area (Å²) in [5.74, 6) is -0.283. The molecule has 0 radical (unpaired) electrons. The molecule has 0 aromatic carbocycles. The molecule has 6 heteroatoms. The van der Waals surface area contributed by atoms with E-state index in [-0.39, 0.29) is 23.0 Å². The minimum Gasteiger partial charge on any atom is -0.469 e. The molecule has 0 spiro atoms. The second-order valence-corrected chi connectivity index (χ2v) is 2.65. The molecule has 5 nitrogen and oxygen atoms in total. The van der Waals surface area contributed by atoms with Gasteiger partial charge in [0.2, 0.25) is 0 Å². The van der Waals surface area contributed by atoms with Gasteiger partial charge in [-0.05, 0) is 0 Å². The van der Waals surface area contributed by atoms with Crippen molar-refractivity contribution in [3.63, 3.8) is 0 Å². The van der Waals surface area contributed by atoms with Crippen LogP contribution < -0.4 is 5.56 Å². The Morgan fingerprint density at radius 3 is 3.00 bits per heavy atom. The predicted octanol–water partition coefficient (Wildman–Crippen LogP) is 0.139. The molecule has 0 atom stereocenters. The predicted molar refractivity (Wildman–Crippen MR) is 45.6 cm³/mol. The highest BCUT2D eigenvalue weighted by molar-refractivity contribution is 6.29. The molecule has 0 saturated carbocycles. The number of hydrogen-bond donors (Lipinski definition) is 1. The van der Waals surface area contributed by atoms with E-state index in [1.54, 1.807) is 0 Å². The average Bonchev–Trinajstić information content (AvgIpc) is 2.02. The second-order valence-electron chi connectivity index (χ2n) is 2.27. The molecule has 0 aliphatic rings. The fourth-order valence-corrected chi connectivity index (χ4v) is 0.969. The number of hydrogen-bond acceptors (Lipinski definition) is 4. The van der Waals surface area contributed by atoms with Gasteiger partial charge in [-0.3, -0.25) is 9.59 Å². The Morgan fingerprint density at radius 1 is 1.77 bits per heavy atom. The third-order valence-electron chi connectivity index (χ3n) is 1.30. The minimum atomic E-state index is -0.481. The molecule has 70 valence electrons. The van der Waals surface area contributed by atoms with E-state index in [0.717, 1.165) is 6.07 Å². The largest absolute Gasteiger partial charge is 0.469 e. The number of aromatic amines is 1. The number of nitrogens with zero attached hydrogens (tertiary/aromatic N) is 1.